The maximum absolute atomic E-state index is 12.8. The molecular weight excluding hydrogens is 365 g/mol. The van der Waals surface area contributed by atoms with Crippen LogP contribution >= 0.6 is 23.8 Å². The molecule has 0 radical (unpaired) electrons. The van der Waals surface area contributed by atoms with E-state index in [4.69, 9.17) is 28.6 Å². The minimum absolute atomic E-state index is 0.166. The molecule has 8 heteroatoms. The third-order valence-corrected chi connectivity index (χ3v) is 3.61. The van der Waals surface area contributed by atoms with Gasteiger partial charge in [0.25, 0.3) is 5.91 Å². The maximum atomic E-state index is 12.8. The second-order valence-corrected chi connectivity index (χ2v) is 6.14. The van der Waals surface area contributed by atoms with Crippen LogP contribution < -0.4 is 20.9 Å². The first-order chi connectivity index (χ1) is 11.8. The van der Waals surface area contributed by atoms with Gasteiger partial charge in [-0.1, -0.05) is 11.6 Å². The summed E-state index contributed by atoms with van der Waals surface area (Å²) in [6.45, 7) is 3.52. The number of rotatable bonds is 4. The highest BCUT2D eigenvalue weighted by atomic mass is 35.5. The first kappa shape index (κ1) is 19.0. The first-order valence-corrected chi connectivity index (χ1v) is 8.14. The van der Waals surface area contributed by atoms with Crippen molar-refractivity contribution in [1.82, 2.24) is 10.9 Å². The Labute approximate surface area is 155 Å². The van der Waals surface area contributed by atoms with Gasteiger partial charge in [-0.3, -0.25) is 15.6 Å². The summed E-state index contributed by atoms with van der Waals surface area (Å²) in [6.07, 6.45) is 0. The molecule has 0 aliphatic carbocycles. The molecule has 1 amide bonds. The number of benzene rings is 2. The lowest BCUT2D eigenvalue weighted by Crippen LogP contribution is -2.45. The predicted octanol–water partition coefficient (Wildman–Crippen LogP) is 3.49. The SMILES string of the molecule is Cc1cc(Cl)cc(C)c1OCC(=O)NNC(=S)Nc1ccc(F)cc1. The fraction of sp³-hybridized carbons (Fsp3) is 0.176. The highest BCUT2D eigenvalue weighted by molar-refractivity contribution is 7.80. The van der Waals surface area contributed by atoms with Crippen molar-refractivity contribution in [1.29, 1.82) is 0 Å². The van der Waals surface area contributed by atoms with Crippen molar-refractivity contribution in [3.8, 4) is 5.75 Å². The average molecular weight is 382 g/mol. The smallest absolute Gasteiger partial charge is 0.276 e. The number of aryl methyl sites for hydroxylation is 2. The van der Waals surface area contributed by atoms with Crippen molar-refractivity contribution in [2.75, 3.05) is 11.9 Å². The number of amides is 1. The van der Waals surface area contributed by atoms with Crippen molar-refractivity contribution in [2.24, 2.45) is 0 Å². The van der Waals surface area contributed by atoms with Crippen LogP contribution in [0.15, 0.2) is 36.4 Å². The fourth-order valence-electron chi connectivity index (χ4n) is 2.12. The molecular formula is C17H17ClFN3O2S. The highest BCUT2D eigenvalue weighted by Crippen LogP contribution is 2.26. The van der Waals surface area contributed by atoms with E-state index in [0.717, 1.165) is 11.1 Å². The quantitative estimate of drug-likeness (QED) is 0.559. The number of halogens is 2. The summed E-state index contributed by atoms with van der Waals surface area (Å²) in [6, 6.07) is 9.19. The largest absolute Gasteiger partial charge is 0.483 e. The van der Waals surface area contributed by atoms with Crippen LogP contribution in [0.3, 0.4) is 0 Å². The minimum Gasteiger partial charge on any atom is -0.483 e. The van der Waals surface area contributed by atoms with Crippen LogP contribution in [0.4, 0.5) is 10.1 Å². The van der Waals surface area contributed by atoms with Crippen LogP contribution in [0.25, 0.3) is 0 Å². The van der Waals surface area contributed by atoms with Gasteiger partial charge in [-0.25, -0.2) is 4.39 Å². The monoisotopic (exact) mass is 381 g/mol. The molecule has 2 aromatic rings. The highest BCUT2D eigenvalue weighted by Gasteiger charge is 2.09. The lowest BCUT2D eigenvalue weighted by Gasteiger charge is -2.14. The van der Waals surface area contributed by atoms with Gasteiger partial charge in [0.05, 0.1) is 0 Å². The van der Waals surface area contributed by atoms with E-state index in [9.17, 15) is 9.18 Å². The number of carbonyl (C=O) groups excluding carboxylic acids is 1. The number of carbonyl (C=O) groups is 1. The zero-order valence-corrected chi connectivity index (χ0v) is 15.2. The Hall–Kier alpha value is -2.38. The number of ether oxygens (including phenoxy) is 1. The number of hydrogen-bond donors (Lipinski definition) is 3. The summed E-state index contributed by atoms with van der Waals surface area (Å²) in [7, 11) is 0. The maximum Gasteiger partial charge on any atom is 0.276 e. The molecule has 0 atom stereocenters. The number of anilines is 1. The summed E-state index contributed by atoms with van der Waals surface area (Å²) < 4.78 is 18.4. The average Bonchev–Trinajstić information content (AvgIpc) is 2.54. The molecule has 25 heavy (non-hydrogen) atoms. The van der Waals surface area contributed by atoms with Gasteiger partial charge in [0, 0.05) is 10.7 Å². The third kappa shape index (κ3) is 5.88. The van der Waals surface area contributed by atoms with E-state index in [0.29, 0.717) is 16.5 Å². The molecule has 0 bridgehead atoms. The zero-order chi connectivity index (χ0) is 18.4. The molecule has 5 nitrogen and oxygen atoms in total. The Morgan fingerprint density at radius 2 is 1.76 bits per heavy atom. The van der Waals surface area contributed by atoms with Gasteiger partial charge >= 0.3 is 0 Å². The normalized spacial score (nSPS) is 10.1. The van der Waals surface area contributed by atoms with Crippen molar-refractivity contribution < 1.29 is 13.9 Å². The van der Waals surface area contributed by atoms with Crippen LogP contribution in [0, 0.1) is 19.7 Å². The molecule has 0 aliphatic heterocycles. The number of nitrogens with one attached hydrogen (secondary N) is 3. The van der Waals surface area contributed by atoms with Gasteiger partial charge in [-0.2, -0.15) is 0 Å². The predicted molar refractivity (Wildman–Crippen MR) is 100 cm³/mol. The van der Waals surface area contributed by atoms with E-state index >= 15 is 0 Å². The molecule has 0 unspecified atom stereocenters. The van der Waals surface area contributed by atoms with E-state index in [1.54, 1.807) is 12.1 Å². The molecule has 0 heterocycles. The van der Waals surface area contributed by atoms with Crippen LogP contribution in [-0.2, 0) is 4.79 Å². The molecule has 0 saturated heterocycles. The second kappa shape index (κ2) is 8.64. The molecule has 0 spiro atoms. The Kier molecular flexibility index (Phi) is 6.55. The Balaban J connectivity index is 1.79. The van der Waals surface area contributed by atoms with Crippen LogP contribution in [0.5, 0.6) is 5.75 Å². The van der Waals surface area contributed by atoms with E-state index in [-0.39, 0.29) is 17.5 Å². The van der Waals surface area contributed by atoms with Gasteiger partial charge in [-0.05, 0) is 73.6 Å². The van der Waals surface area contributed by atoms with Gasteiger partial charge in [-0.15, -0.1) is 0 Å². The number of hydrogen-bond acceptors (Lipinski definition) is 3. The summed E-state index contributed by atoms with van der Waals surface area (Å²) in [5, 5.41) is 3.59. The molecule has 2 rings (SSSR count). The van der Waals surface area contributed by atoms with E-state index < -0.39 is 5.91 Å². The van der Waals surface area contributed by atoms with Gasteiger partial charge in [0.2, 0.25) is 0 Å². The van der Waals surface area contributed by atoms with Gasteiger partial charge in [0.15, 0.2) is 11.7 Å². The van der Waals surface area contributed by atoms with Crippen LogP contribution in [0.2, 0.25) is 5.02 Å². The summed E-state index contributed by atoms with van der Waals surface area (Å²) in [5.74, 6) is -0.133. The van der Waals surface area contributed by atoms with E-state index in [1.807, 2.05) is 13.8 Å². The van der Waals surface area contributed by atoms with Crippen molar-refractivity contribution in [3.63, 3.8) is 0 Å². The Morgan fingerprint density at radius 3 is 2.36 bits per heavy atom. The van der Waals surface area contributed by atoms with Crippen LogP contribution in [0.1, 0.15) is 11.1 Å². The Morgan fingerprint density at radius 1 is 1.16 bits per heavy atom. The minimum atomic E-state index is -0.406. The Bertz CT molecular complexity index is 761. The van der Waals surface area contributed by atoms with E-state index in [2.05, 4.69) is 16.2 Å². The molecule has 3 N–H and O–H groups in total. The molecule has 2 aromatic carbocycles. The fourth-order valence-corrected chi connectivity index (χ4v) is 2.62. The molecule has 0 fully saturated rings. The van der Waals surface area contributed by atoms with Crippen molar-refractivity contribution in [3.05, 3.63) is 58.4 Å². The van der Waals surface area contributed by atoms with Gasteiger partial charge in [0.1, 0.15) is 11.6 Å². The van der Waals surface area contributed by atoms with Crippen molar-refractivity contribution in [2.45, 2.75) is 13.8 Å². The molecule has 0 aliphatic rings. The zero-order valence-electron chi connectivity index (χ0n) is 13.7. The standard InChI is InChI=1S/C17H17ClFN3O2S/c1-10-7-12(18)8-11(2)16(10)24-9-15(23)21-22-17(25)20-14-5-3-13(19)4-6-14/h3-8H,9H2,1-2H3,(H,21,23)(H2,20,22,25). The summed E-state index contributed by atoms with van der Waals surface area (Å²) in [5.41, 5.74) is 7.25. The number of thiocarbonyl (C=S) groups is 1. The van der Waals surface area contributed by atoms with Crippen LogP contribution in [-0.4, -0.2) is 17.6 Å². The second-order valence-electron chi connectivity index (χ2n) is 5.29. The topological polar surface area (TPSA) is 62.4 Å². The summed E-state index contributed by atoms with van der Waals surface area (Å²) >= 11 is 11.0. The third-order valence-electron chi connectivity index (χ3n) is 3.19. The molecule has 0 aromatic heterocycles. The van der Waals surface area contributed by atoms with E-state index in [1.165, 1.54) is 24.3 Å². The first-order valence-electron chi connectivity index (χ1n) is 7.36. The number of hydrazine groups is 1. The lowest BCUT2D eigenvalue weighted by atomic mass is 10.1. The summed E-state index contributed by atoms with van der Waals surface area (Å²) in [4.78, 5) is 11.8. The van der Waals surface area contributed by atoms with Gasteiger partial charge < -0.3 is 10.1 Å². The lowest BCUT2D eigenvalue weighted by molar-refractivity contribution is -0.123. The molecule has 0 saturated carbocycles. The van der Waals surface area contributed by atoms with Crippen molar-refractivity contribution >= 4 is 40.5 Å². The molecule has 132 valence electrons.